The molecule has 4 heteroatoms. The molecule has 1 saturated heterocycles. The summed E-state index contributed by atoms with van der Waals surface area (Å²) in [6.45, 7) is 8.31. The molecule has 1 aromatic carbocycles. The Balaban J connectivity index is 1.96. The number of rotatable bonds is 8. The monoisotopic (exact) mass is 306 g/mol. The molecule has 1 aliphatic rings. The minimum absolute atomic E-state index is 0.133. The normalized spacial score (nSPS) is 20.9. The molecule has 2 atom stereocenters. The Labute approximate surface area is 134 Å². The number of hydrogen-bond donors (Lipinski definition) is 2. The lowest BCUT2D eigenvalue weighted by Gasteiger charge is -2.37. The van der Waals surface area contributed by atoms with Crippen molar-refractivity contribution in [2.24, 2.45) is 5.92 Å². The fourth-order valence-corrected chi connectivity index (χ4v) is 3.50. The van der Waals surface area contributed by atoms with Gasteiger partial charge in [0.25, 0.3) is 0 Å². The third-order valence-electron chi connectivity index (χ3n) is 4.71. The Bertz CT molecular complexity index is 424. The first-order chi connectivity index (χ1) is 10.7. The largest absolute Gasteiger partial charge is 0.395 e. The van der Waals surface area contributed by atoms with Gasteiger partial charge in [0.1, 0.15) is 0 Å². The Kier molecular flexibility index (Phi) is 6.83. The minimum atomic E-state index is 0.133. The number of likely N-dealkylation sites (tertiary alicyclic amines) is 1. The van der Waals surface area contributed by atoms with Crippen molar-refractivity contribution in [1.82, 2.24) is 9.80 Å². The molecule has 0 spiro atoms. The van der Waals surface area contributed by atoms with Crippen LogP contribution < -0.4 is 0 Å². The van der Waals surface area contributed by atoms with Crippen LogP contribution in [-0.4, -0.2) is 64.9 Å². The van der Waals surface area contributed by atoms with Gasteiger partial charge in [0, 0.05) is 38.3 Å². The van der Waals surface area contributed by atoms with Crippen LogP contribution in [0.1, 0.15) is 25.8 Å². The van der Waals surface area contributed by atoms with Crippen molar-refractivity contribution in [3.05, 3.63) is 35.9 Å². The van der Waals surface area contributed by atoms with E-state index in [1.54, 1.807) is 0 Å². The number of aliphatic hydroxyl groups excluding tert-OH is 2. The maximum atomic E-state index is 9.72. The Morgan fingerprint density at radius 1 is 1.23 bits per heavy atom. The van der Waals surface area contributed by atoms with Crippen LogP contribution in [0.25, 0.3) is 0 Å². The molecule has 4 nitrogen and oxygen atoms in total. The van der Waals surface area contributed by atoms with Crippen molar-refractivity contribution in [2.45, 2.75) is 38.9 Å². The third kappa shape index (κ3) is 4.53. The van der Waals surface area contributed by atoms with E-state index >= 15 is 0 Å². The van der Waals surface area contributed by atoms with E-state index in [-0.39, 0.29) is 19.3 Å². The summed E-state index contributed by atoms with van der Waals surface area (Å²) in [5.41, 5.74) is 1.35. The van der Waals surface area contributed by atoms with Gasteiger partial charge in [0.15, 0.2) is 0 Å². The maximum Gasteiger partial charge on any atom is 0.0589 e. The lowest BCUT2D eigenvalue weighted by atomic mass is 10.0. The summed E-state index contributed by atoms with van der Waals surface area (Å²) in [5, 5.41) is 19.1. The second-order valence-corrected chi connectivity index (χ2v) is 6.62. The van der Waals surface area contributed by atoms with Gasteiger partial charge < -0.3 is 10.2 Å². The fraction of sp³-hybridized carbons (Fsp3) is 0.667. The first kappa shape index (κ1) is 17.4. The molecule has 1 aromatic rings. The molecule has 0 aliphatic carbocycles. The molecule has 1 aliphatic heterocycles. The first-order valence-corrected chi connectivity index (χ1v) is 8.39. The zero-order chi connectivity index (χ0) is 15.9. The highest BCUT2D eigenvalue weighted by Crippen LogP contribution is 2.22. The van der Waals surface area contributed by atoms with Gasteiger partial charge in [0.05, 0.1) is 13.2 Å². The highest BCUT2D eigenvalue weighted by atomic mass is 16.3. The fourth-order valence-electron chi connectivity index (χ4n) is 3.50. The topological polar surface area (TPSA) is 46.9 Å². The number of aliphatic hydroxyl groups is 2. The lowest BCUT2D eigenvalue weighted by Crippen LogP contribution is -2.50. The van der Waals surface area contributed by atoms with Gasteiger partial charge in [-0.3, -0.25) is 9.80 Å². The van der Waals surface area contributed by atoms with Crippen molar-refractivity contribution < 1.29 is 10.2 Å². The van der Waals surface area contributed by atoms with E-state index in [1.165, 1.54) is 5.56 Å². The van der Waals surface area contributed by atoms with Crippen molar-refractivity contribution in [2.75, 3.05) is 32.8 Å². The molecule has 2 rings (SSSR count). The zero-order valence-corrected chi connectivity index (χ0v) is 13.9. The van der Waals surface area contributed by atoms with Crippen LogP contribution in [0.3, 0.4) is 0 Å². The van der Waals surface area contributed by atoms with E-state index in [2.05, 4.69) is 47.9 Å². The van der Waals surface area contributed by atoms with Crippen molar-refractivity contribution in [3.63, 3.8) is 0 Å². The molecule has 22 heavy (non-hydrogen) atoms. The van der Waals surface area contributed by atoms with E-state index in [0.717, 1.165) is 26.1 Å². The van der Waals surface area contributed by atoms with Gasteiger partial charge in [-0.25, -0.2) is 0 Å². The average Bonchev–Trinajstić information content (AvgIpc) is 2.96. The summed E-state index contributed by atoms with van der Waals surface area (Å²) in [6, 6.07) is 11.1. The first-order valence-electron chi connectivity index (χ1n) is 8.39. The van der Waals surface area contributed by atoms with E-state index in [4.69, 9.17) is 0 Å². The molecular formula is C18H30N2O2. The zero-order valence-electron chi connectivity index (χ0n) is 13.9. The number of hydrogen-bond acceptors (Lipinski definition) is 4. The Morgan fingerprint density at radius 2 is 1.95 bits per heavy atom. The van der Waals surface area contributed by atoms with E-state index in [9.17, 15) is 10.2 Å². The van der Waals surface area contributed by atoms with Gasteiger partial charge in [0.2, 0.25) is 0 Å². The molecule has 1 unspecified atom stereocenters. The smallest absolute Gasteiger partial charge is 0.0589 e. The molecule has 1 heterocycles. The van der Waals surface area contributed by atoms with Gasteiger partial charge in [-0.15, -0.1) is 0 Å². The van der Waals surface area contributed by atoms with Crippen LogP contribution in [0.4, 0.5) is 0 Å². The van der Waals surface area contributed by atoms with Crippen LogP contribution in [0, 0.1) is 5.92 Å². The SMILES string of the molecule is CC(C)C(CO)N(CCO)[C@@H]1CCN(Cc2ccccc2)C1. The molecule has 2 N–H and O–H groups in total. The van der Waals surface area contributed by atoms with Crippen LogP contribution in [0.15, 0.2) is 30.3 Å². The molecule has 1 fully saturated rings. The van der Waals surface area contributed by atoms with Gasteiger partial charge in [-0.2, -0.15) is 0 Å². The van der Waals surface area contributed by atoms with E-state index in [1.807, 2.05) is 6.07 Å². The minimum Gasteiger partial charge on any atom is -0.395 e. The predicted molar refractivity (Wildman–Crippen MR) is 89.6 cm³/mol. The van der Waals surface area contributed by atoms with Gasteiger partial charge in [-0.1, -0.05) is 44.2 Å². The Morgan fingerprint density at radius 3 is 2.55 bits per heavy atom. The quantitative estimate of drug-likeness (QED) is 0.765. The summed E-state index contributed by atoms with van der Waals surface area (Å²) in [4.78, 5) is 4.79. The summed E-state index contributed by atoms with van der Waals surface area (Å²) < 4.78 is 0. The summed E-state index contributed by atoms with van der Waals surface area (Å²) in [5.74, 6) is 0.389. The van der Waals surface area contributed by atoms with Crippen LogP contribution in [0.2, 0.25) is 0 Å². The van der Waals surface area contributed by atoms with E-state index in [0.29, 0.717) is 18.5 Å². The van der Waals surface area contributed by atoms with Crippen LogP contribution >= 0.6 is 0 Å². The van der Waals surface area contributed by atoms with Crippen LogP contribution in [0.5, 0.6) is 0 Å². The second kappa shape index (κ2) is 8.63. The molecule has 0 aromatic heterocycles. The number of benzene rings is 1. The highest BCUT2D eigenvalue weighted by molar-refractivity contribution is 5.14. The van der Waals surface area contributed by atoms with Crippen molar-refractivity contribution >= 4 is 0 Å². The summed E-state index contributed by atoms with van der Waals surface area (Å²) in [6.07, 6.45) is 1.11. The van der Waals surface area contributed by atoms with Crippen LogP contribution in [-0.2, 0) is 6.54 Å². The average molecular weight is 306 g/mol. The summed E-state index contributed by atoms with van der Waals surface area (Å²) in [7, 11) is 0. The molecule has 0 radical (unpaired) electrons. The predicted octanol–water partition coefficient (Wildman–Crippen LogP) is 1.57. The lowest BCUT2D eigenvalue weighted by molar-refractivity contribution is 0.0428. The van der Waals surface area contributed by atoms with Crippen molar-refractivity contribution in [3.8, 4) is 0 Å². The molecule has 0 saturated carbocycles. The molecule has 124 valence electrons. The highest BCUT2D eigenvalue weighted by Gasteiger charge is 2.32. The standard InChI is InChI=1S/C18H30N2O2/c1-15(2)18(14-22)20(10-11-21)17-8-9-19(13-17)12-16-6-4-3-5-7-16/h3-7,15,17-18,21-22H,8-14H2,1-2H3/t17-,18?/m1/s1. The van der Waals surface area contributed by atoms with Crippen molar-refractivity contribution in [1.29, 1.82) is 0 Å². The van der Waals surface area contributed by atoms with Gasteiger partial charge >= 0.3 is 0 Å². The maximum absolute atomic E-state index is 9.72. The molecular weight excluding hydrogens is 276 g/mol. The second-order valence-electron chi connectivity index (χ2n) is 6.62. The summed E-state index contributed by atoms with van der Waals surface area (Å²) >= 11 is 0. The number of nitrogens with zero attached hydrogens (tertiary/aromatic N) is 2. The third-order valence-corrected chi connectivity index (χ3v) is 4.71. The van der Waals surface area contributed by atoms with E-state index < -0.39 is 0 Å². The van der Waals surface area contributed by atoms with Gasteiger partial charge in [-0.05, 0) is 17.9 Å². The molecule has 0 amide bonds. The Hall–Kier alpha value is -0.940. The molecule has 0 bridgehead atoms.